The van der Waals surface area contributed by atoms with Gasteiger partial charge in [-0.2, -0.15) is 0 Å². The molecule has 2 amide bonds. The number of aromatic amines is 1. The van der Waals surface area contributed by atoms with E-state index in [9.17, 15) is 4.79 Å². The number of carbonyl (C=O) groups excluding carboxylic acids is 1. The lowest BCUT2D eigenvalue weighted by atomic mass is 10.1. The van der Waals surface area contributed by atoms with Crippen LogP contribution >= 0.6 is 0 Å². The molecule has 1 aromatic heterocycles. The van der Waals surface area contributed by atoms with Crippen LogP contribution in [0.15, 0.2) is 24.3 Å². The molecule has 5 heteroatoms. The fourth-order valence-electron chi connectivity index (χ4n) is 3.41. The smallest absolute Gasteiger partial charge is 0.317 e. The molecule has 0 spiro atoms. The molecule has 5 nitrogen and oxygen atoms in total. The van der Waals surface area contributed by atoms with Gasteiger partial charge in [0, 0.05) is 36.2 Å². The second kappa shape index (κ2) is 6.62. The molecule has 1 fully saturated rings. The Morgan fingerprint density at radius 2 is 2.00 bits per heavy atom. The molecule has 1 aliphatic heterocycles. The van der Waals surface area contributed by atoms with Crippen LogP contribution in [-0.4, -0.2) is 47.8 Å². The highest BCUT2D eigenvalue weighted by atomic mass is 16.5. The van der Waals surface area contributed by atoms with Gasteiger partial charge in [0.2, 0.25) is 0 Å². The first-order chi connectivity index (χ1) is 11.0. The van der Waals surface area contributed by atoms with E-state index in [1.165, 1.54) is 16.6 Å². The molecular formula is C18H25N3O2. The van der Waals surface area contributed by atoms with Crippen LogP contribution < -0.4 is 5.32 Å². The number of urea groups is 1. The van der Waals surface area contributed by atoms with Crippen molar-refractivity contribution in [2.24, 2.45) is 0 Å². The molecule has 3 rings (SSSR count). The standard InChI is InChI=1S/C18H25N3O2/c1-12-10-21(11-13(2)23-12)18(22)19-9-8-15-14(3)20-17-7-5-4-6-16(15)17/h4-7,12-13,20H,8-11H2,1-3H3,(H,19,22). The van der Waals surface area contributed by atoms with Crippen molar-refractivity contribution in [1.29, 1.82) is 0 Å². The van der Waals surface area contributed by atoms with Gasteiger partial charge in [-0.25, -0.2) is 4.79 Å². The maximum atomic E-state index is 12.3. The maximum Gasteiger partial charge on any atom is 0.317 e. The monoisotopic (exact) mass is 315 g/mol. The molecule has 0 aliphatic carbocycles. The summed E-state index contributed by atoms with van der Waals surface area (Å²) in [7, 11) is 0. The zero-order valence-corrected chi connectivity index (χ0v) is 14.1. The van der Waals surface area contributed by atoms with Crippen LogP contribution in [0.5, 0.6) is 0 Å². The molecule has 2 aromatic rings. The van der Waals surface area contributed by atoms with Crippen LogP contribution in [0.1, 0.15) is 25.1 Å². The summed E-state index contributed by atoms with van der Waals surface area (Å²) in [6.45, 7) is 8.05. The highest BCUT2D eigenvalue weighted by Crippen LogP contribution is 2.22. The number of H-pyrrole nitrogens is 1. The van der Waals surface area contributed by atoms with E-state index < -0.39 is 0 Å². The third-order valence-corrected chi connectivity index (χ3v) is 4.39. The van der Waals surface area contributed by atoms with Gasteiger partial charge in [-0.15, -0.1) is 0 Å². The fourth-order valence-corrected chi connectivity index (χ4v) is 3.41. The molecule has 0 saturated carbocycles. The van der Waals surface area contributed by atoms with Crippen molar-refractivity contribution >= 4 is 16.9 Å². The number of nitrogens with one attached hydrogen (secondary N) is 2. The average molecular weight is 315 g/mol. The number of carbonyl (C=O) groups is 1. The fraction of sp³-hybridized carbons (Fsp3) is 0.500. The summed E-state index contributed by atoms with van der Waals surface area (Å²) >= 11 is 0. The topological polar surface area (TPSA) is 57.4 Å². The van der Waals surface area contributed by atoms with Gasteiger partial charge in [0.15, 0.2) is 0 Å². The molecule has 1 saturated heterocycles. The first-order valence-electron chi connectivity index (χ1n) is 8.29. The summed E-state index contributed by atoms with van der Waals surface area (Å²) in [6.07, 6.45) is 1.03. The molecule has 2 N–H and O–H groups in total. The minimum atomic E-state index is 0.00416. The number of hydrogen-bond donors (Lipinski definition) is 2. The highest BCUT2D eigenvalue weighted by molar-refractivity contribution is 5.84. The highest BCUT2D eigenvalue weighted by Gasteiger charge is 2.25. The van der Waals surface area contributed by atoms with Gasteiger partial charge in [-0.3, -0.25) is 0 Å². The van der Waals surface area contributed by atoms with Gasteiger partial charge in [0.25, 0.3) is 0 Å². The van der Waals surface area contributed by atoms with Gasteiger partial charge in [-0.05, 0) is 38.8 Å². The second-order valence-electron chi connectivity index (χ2n) is 6.42. The Kier molecular flexibility index (Phi) is 4.57. The summed E-state index contributed by atoms with van der Waals surface area (Å²) in [4.78, 5) is 17.6. The molecule has 124 valence electrons. The minimum Gasteiger partial charge on any atom is -0.372 e. The van der Waals surface area contributed by atoms with Gasteiger partial charge in [-0.1, -0.05) is 18.2 Å². The van der Waals surface area contributed by atoms with Crippen molar-refractivity contribution < 1.29 is 9.53 Å². The van der Waals surface area contributed by atoms with Crippen molar-refractivity contribution in [3.63, 3.8) is 0 Å². The van der Waals surface area contributed by atoms with Crippen LogP contribution in [0.2, 0.25) is 0 Å². The number of nitrogens with zero attached hydrogens (tertiary/aromatic N) is 1. The van der Waals surface area contributed by atoms with E-state index in [0.29, 0.717) is 19.6 Å². The zero-order chi connectivity index (χ0) is 16.4. The van der Waals surface area contributed by atoms with E-state index in [4.69, 9.17) is 4.74 Å². The number of amides is 2. The van der Waals surface area contributed by atoms with Gasteiger partial charge >= 0.3 is 6.03 Å². The Balaban J connectivity index is 1.58. The van der Waals surface area contributed by atoms with Crippen molar-refractivity contribution in [2.45, 2.75) is 39.4 Å². The van der Waals surface area contributed by atoms with Crippen LogP contribution in [0.25, 0.3) is 10.9 Å². The summed E-state index contributed by atoms with van der Waals surface area (Å²) in [5.74, 6) is 0. The molecule has 1 aromatic carbocycles. The Morgan fingerprint density at radius 3 is 2.74 bits per heavy atom. The quantitative estimate of drug-likeness (QED) is 0.915. The predicted molar refractivity (Wildman–Crippen MR) is 91.7 cm³/mol. The van der Waals surface area contributed by atoms with Gasteiger partial charge in [0.1, 0.15) is 0 Å². The van der Waals surface area contributed by atoms with Gasteiger partial charge < -0.3 is 19.9 Å². The lowest BCUT2D eigenvalue weighted by molar-refractivity contribution is -0.0544. The van der Waals surface area contributed by atoms with Crippen molar-refractivity contribution in [3.8, 4) is 0 Å². The predicted octanol–water partition coefficient (Wildman–Crippen LogP) is 2.84. The van der Waals surface area contributed by atoms with E-state index in [1.807, 2.05) is 30.9 Å². The number of fused-ring (bicyclic) bond motifs is 1. The first kappa shape index (κ1) is 15.9. The van der Waals surface area contributed by atoms with Crippen molar-refractivity contribution in [2.75, 3.05) is 19.6 Å². The Bertz CT molecular complexity index is 685. The van der Waals surface area contributed by atoms with E-state index in [-0.39, 0.29) is 18.2 Å². The number of rotatable bonds is 3. The third kappa shape index (κ3) is 3.50. The van der Waals surface area contributed by atoms with Crippen molar-refractivity contribution in [3.05, 3.63) is 35.5 Å². The molecule has 0 bridgehead atoms. The Hall–Kier alpha value is -2.01. The SMILES string of the molecule is Cc1[nH]c2ccccc2c1CCNC(=O)N1CC(C)OC(C)C1. The molecule has 1 aliphatic rings. The Labute approximate surface area is 137 Å². The maximum absolute atomic E-state index is 12.3. The van der Waals surface area contributed by atoms with Crippen LogP contribution in [0.4, 0.5) is 4.79 Å². The van der Waals surface area contributed by atoms with Crippen molar-refractivity contribution in [1.82, 2.24) is 15.2 Å². The lowest BCUT2D eigenvalue weighted by Gasteiger charge is -2.35. The van der Waals surface area contributed by atoms with Crippen LogP contribution in [0, 0.1) is 6.92 Å². The number of benzene rings is 1. The second-order valence-corrected chi connectivity index (χ2v) is 6.42. The first-order valence-corrected chi connectivity index (χ1v) is 8.29. The number of para-hydroxylation sites is 1. The number of ether oxygens (including phenoxy) is 1. The third-order valence-electron chi connectivity index (χ3n) is 4.39. The summed E-state index contributed by atoms with van der Waals surface area (Å²) in [5, 5.41) is 4.28. The molecule has 2 unspecified atom stereocenters. The summed E-state index contributed by atoms with van der Waals surface area (Å²) in [5.41, 5.74) is 3.61. The van der Waals surface area contributed by atoms with E-state index >= 15 is 0 Å². The van der Waals surface area contributed by atoms with E-state index in [2.05, 4.69) is 29.4 Å². The van der Waals surface area contributed by atoms with Crippen LogP contribution in [0.3, 0.4) is 0 Å². The molecule has 0 radical (unpaired) electrons. The van der Waals surface area contributed by atoms with E-state index in [0.717, 1.165) is 11.9 Å². The molecule has 2 atom stereocenters. The molecule has 2 heterocycles. The number of aromatic nitrogens is 1. The number of aryl methyl sites for hydroxylation is 1. The lowest BCUT2D eigenvalue weighted by Crippen LogP contribution is -2.51. The minimum absolute atomic E-state index is 0.00416. The van der Waals surface area contributed by atoms with Gasteiger partial charge in [0.05, 0.1) is 12.2 Å². The molecular weight excluding hydrogens is 290 g/mol. The normalized spacial score (nSPS) is 21.6. The van der Waals surface area contributed by atoms with E-state index in [1.54, 1.807) is 0 Å². The zero-order valence-electron chi connectivity index (χ0n) is 14.1. The average Bonchev–Trinajstić information content (AvgIpc) is 2.82. The summed E-state index contributed by atoms with van der Waals surface area (Å²) < 4.78 is 5.67. The number of morpholine rings is 1. The Morgan fingerprint density at radius 1 is 1.30 bits per heavy atom. The van der Waals surface area contributed by atoms with Crippen LogP contribution in [-0.2, 0) is 11.2 Å². The molecule has 23 heavy (non-hydrogen) atoms. The number of hydrogen-bond acceptors (Lipinski definition) is 2. The largest absolute Gasteiger partial charge is 0.372 e. The summed E-state index contributed by atoms with van der Waals surface area (Å²) in [6, 6.07) is 8.30.